The van der Waals surface area contributed by atoms with Crippen LogP contribution in [0, 0.1) is 5.92 Å². The molecule has 1 heterocycles. The summed E-state index contributed by atoms with van der Waals surface area (Å²) >= 11 is 0. The molecule has 1 aliphatic heterocycles. The van der Waals surface area contributed by atoms with Crippen molar-refractivity contribution in [3.8, 4) is 0 Å². The Bertz CT molecular complexity index is 293. The minimum Gasteiger partial charge on any atom is -0.480 e. The maximum Gasteiger partial charge on any atom is 0.325 e. The van der Waals surface area contributed by atoms with E-state index in [9.17, 15) is 9.90 Å². The van der Waals surface area contributed by atoms with Gasteiger partial charge in [-0.25, -0.2) is 0 Å². The first-order valence-corrected chi connectivity index (χ1v) is 6.35. The van der Waals surface area contributed by atoms with Crippen LogP contribution in [-0.2, 0) is 9.53 Å². The van der Waals surface area contributed by atoms with Crippen LogP contribution in [0.3, 0.4) is 0 Å². The number of hydrogen-bond acceptors (Lipinski definition) is 4. The van der Waals surface area contributed by atoms with Crippen molar-refractivity contribution in [2.45, 2.75) is 31.4 Å². The maximum absolute atomic E-state index is 11.6. The molecule has 0 spiro atoms. The third-order valence-corrected chi connectivity index (χ3v) is 3.90. The van der Waals surface area contributed by atoms with Crippen molar-refractivity contribution >= 4 is 5.97 Å². The SMILES string of the molecule is CNC(CN1CCOC(C)C1)(C(=O)O)C1CC1. The summed E-state index contributed by atoms with van der Waals surface area (Å²) in [6.07, 6.45) is 2.24. The molecule has 2 atom stereocenters. The second-order valence-electron chi connectivity index (χ2n) is 5.22. The first-order valence-electron chi connectivity index (χ1n) is 6.35. The van der Waals surface area contributed by atoms with Crippen LogP contribution < -0.4 is 5.32 Å². The molecule has 5 heteroatoms. The number of ether oxygens (including phenoxy) is 1. The highest BCUT2D eigenvalue weighted by Crippen LogP contribution is 2.40. The molecule has 0 bridgehead atoms. The Hall–Kier alpha value is -0.650. The Morgan fingerprint density at radius 1 is 1.59 bits per heavy atom. The van der Waals surface area contributed by atoms with E-state index in [0.29, 0.717) is 13.2 Å². The summed E-state index contributed by atoms with van der Waals surface area (Å²) in [7, 11) is 1.76. The van der Waals surface area contributed by atoms with Gasteiger partial charge in [-0.2, -0.15) is 0 Å². The van der Waals surface area contributed by atoms with E-state index in [1.807, 2.05) is 6.92 Å². The Labute approximate surface area is 102 Å². The van der Waals surface area contributed by atoms with Crippen molar-refractivity contribution in [2.24, 2.45) is 5.92 Å². The molecule has 5 nitrogen and oxygen atoms in total. The van der Waals surface area contributed by atoms with Crippen molar-refractivity contribution < 1.29 is 14.6 Å². The Morgan fingerprint density at radius 3 is 2.76 bits per heavy atom. The molecule has 17 heavy (non-hydrogen) atoms. The molecule has 2 aliphatic rings. The van der Waals surface area contributed by atoms with Crippen LogP contribution in [0.4, 0.5) is 0 Å². The Balaban J connectivity index is 2.03. The zero-order chi connectivity index (χ0) is 12.5. The van der Waals surface area contributed by atoms with Gasteiger partial charge in [0.1, 0.15) is 5.54 Å². The minimum atomic E-state index is -0.767. The van der Waals surface area contributed by atoms with Crippen molar-refractivity contribution in [1.29, 1.82) is 0 Å². The second-order valence-corrected chi connectivity index (χ2v) is 5.22. The monoisotopic (exact) mass is 242 g/mol. The van der Waals surface area contributed by atoms with Gasteiger partial charge in [0.25, 0.3) is 0 Å². The summed E-state index contributed by atoms with van der Waals surface area (Å²) in [6, 6.07) is 0. The van der Waals surface area contributed by atoms with E-state index in [2.05, 4.69) is 10.2 Å². The standard InChI is InChI=1S/C12H22N2O3/c1-9-7-14(5-6-17-9)8-12(13-2,11(15)16)10-3-4-10/h9-10,13H,3-8H2,1-2H3,(H,15,16). The molecule has 2 rings (SSSR count). The lowest BCUT2D eigenvalue weighted by Gasteiger charge is -2.38. The van der Waals surface area contributed by atoms with Gasteiger partial charge in [-0.05, 0) is 32.7 Å². The number of hydrogen-bond donors (Lipinski definition) is 2. The van der Waals surface area contributed by atoms with E-state index in [1.165, 1.54) is 0 Å². The van der Waals surface area contributed by atoms with Gasteiger partial charge in [-0.15, -0.1) is 0 Å². The van der Waals surface area contributed by atoms with Gasteiger partial charge < -0.3 is 15.2 Å². The number of aliphatic carboxylic acids is 1. The molecule has 0 radical (unpaired) electrons. The summed E-state index contributed by atoms with van der Waals surface area (Å²) in [5, 5.41) is 12.6. The third-order valence-electron chi connectivity index (χ3n) is 3.90. The van der Waals surface area contributed by atoms with Crippen molar-refractivity contribution in [3.05, 3.63) is 0 Å². The lowest BCUT2D eigenvalue weighted by molar-refractivity contribution is -0.147. The average molecular weight is 242 g/mol. The summed E-state index contributed by atoms with van der Waals surface area (Å²) in [5.74, 6) is -0.440. The molecule has 2 fully saturated rings. The van der Waals surface area contributed by atoms with Crippen LogP contribution >= 0.6 is 0 Å². The fourth-order valence-electron chi connectivity index (χ4n) is 2.72. The molecular weight excluding hydrogens is 220 g/mol. The number of nitrogens with zero attached hydrogens (tertiary/aromatic N) is 1. The molecule has 2 unspecified atom stereocenters. The molecule has 1 aliphatic carbocycles. The zero-order valence-electron chi connectivity index (χ0n) is 10.6. The van der Waals surface area contributed by atoms with Crippen molar-refractivity contribution in [2.75, 3.05) is 33.3 Å². The predicted octanol–water partition coefficient (Wildman–Crippen LogP) is 0.160. The highest BCUT2D eigenvalue weighted by Gasteiger charge is 2.51. The Kier molecular flexibility index (Phi) is 3.70. The lowest BCUT2D eigenvalue weighted by Crippen LogP contribution is -2.61. The van der Waals surface area contributed by atoms with E-state index in [-0.39, 0.29) is 12.0 Å². The van der Waals surface area contributed by atoms with Gasteiger partial charge in [0.15, 0.2) is 0 Å². The molecule has 1 saturated carbocycles. The molecule has 2 N–H and O–H groups in total. The lowest BCUT2D eigenvalue weighted by atomic mass is 9.92. The summed E-state index contributed by atoms with van der Waals surface area (Å²) in [4.78, 5) is 13.8. The van der Waals surface area contributed by atoms with E-state index < -0.39 is 11.5 Å². The molecule has 1 saturated heterocycles. The fourth-order valence-corrected chi connectivity index (χ4v) is 2.72. The number of likely N-dealkylation sites (N-methyl/N-ethyl adjacent to an activating group) is 1. The first-order chi connectivity index (χ1) is 8.08. The van der Waals surface area contributed by atoms with Gasteiger partial charge >= 0.3 is 5.97 Å². The second kappa shape index (κ2) is 4.92. The van der Waals surface area contributed by atoms with Crippen molar-refractivity contribution in [1.82, 2.24) is 10.2 Å². The van der Waals surface area contributed by atoms with Crippen LogP contribution in [0.25, 0.3) is 0 Å². The van der Waals surface area contributed by atoms with E-state index >= 15 is 0 Å². The number of carboxylic acids is 1. The minimum absolute atomic E-state index is 0.200. The smallest absolute Gasteiger partial charge is 0.325 e. The van der Waals surface area contributed by atoms with Gasteiger partial charge in [-0.1, -0.05) is 0 Å². The molecular formula is C12H22N2O3. The number of carboxylic acid groups (broad SMARTS) is 1. The number of rotatable bonds is 5. The summed E-state index contributed by atoms with van der Waals surface area (Å²) in [5.41, 5.74) is -0.767. The zero-order valence-corrected chi connectivity index (χ0v) is 10.6. The van der Waals surface area contributed by atoms with Crippen LogP contribution in [0.5, 0.6) is 0 Å². The predicted molar refractivity (Wildman–Crippen MR) is 64.0 cm³/mol. The third kappa shape index (κ3) is 2.61. The Morgan fingerprint density at radius 2 is 2.29 bits per heavy atom. The van der Waals surface area contributed by atoms with E-state index in [0.717, 1.165) is 25.9 Å². The van der Waals surface area contributed by atoms with Gasteiger partial charge in [0.2, 0.25) is 0 Å². The van der Waals surface area contributed by atoms with E-state index in [4.69, 9.17) is 4.74 Å². The maximum atomic E-state index is 11.6. The highest BCUT2D eigenvalue weighted by atomic mass is 16.5. The van der Waals surface area contributed by atoms with Gasteiger partial charge in [-0.3, -0.25) is 9.69 Å². The van der Waals surface area contributed by atoms with E-state index in [1.54, 1.807) is 7.05 Å². The number of nitrogens with one attached hydrogen (secondary N) is 1. The van der Waals surface area contributed by atoms with Gasteiger partial charge in [0.05, 0.1) is 12.7 Å². The van der Waals surface area contributed by atoms with Crippen LogP contribution in [-0.4, -0.2) is 60.9 Å². The molecule has 0 aromatic rings. The van der Waals surface area contributed by atoms with Crippen molar-refractivity contribution in [3.63, 3.8) is 0 Å². The number of carbonyl (C=O) groups is 1. The van der Waals surface area contributed by atoms with Crippen LogP contribution in [0.2, 0.25) is 0 Å². The average Bonchev–Trinajstić information content (AvgIpc) is 3.09. The largest absolute Gasteiger partial charge is 0.480 e. The summed E-state index contributed by atoms with van der Waals surface area (Å²) in [6.45, 7) is 4.96. The number of morpholine rings is 1. The molecule has 98 valence electrons. The highest BCUT2D eigenvalue weighted by molar-refractivity contribution is 5.80. The topological polar surface area (TPSA) is 61.8 Å². The van der Waals surface area contributed by atoms with Crippen LogP contribution in [0.1, 0.15) is 19.8 Å². The quantitative estimate of drug-likeness (QED) is 0.719. The van der Waals surface area contributed by atoms with Crippen LogP contribution in [0.15, 0.2) is 0 Å². The molecule has 0 aromatic heterocycles. The fraction of sp³-hybridized carbons (Fsp3) is 0.917. The summed E-state index contributed by atoms with van der Waals surface area (Å²) < 4.78 is 5.48. The first kappa shape index (κ1) is 12.8. The molecule has 0 amide bonds. The molecule has 0 aromatic carbocycles. The normalized spacial score (nSPS) is 29.9. The van der Waals surface area contributed by atoms with Gasteiger partial charge in [0, 0.05) is 19.6 Å².